The van der Waals surface area contributed by atoms with E-state index in [0.717, 1.165) is 18.2 Å². The Morgan fingerprint density at radius 2 is 2.06 bits per heavy atom. The van der Waals surface area contributed by atoms with Crippen molar-refractivity contribution in [2.45, 2.75) is 38.6 Å². The summed E-state index contributed by atoms with van der Waals surface area (Å²) >= 11 is 0. The molecule has 0 aromatic heterocycles. The Bertz CT molecular complexity index is 388. The molecule has 1 fully saturated rings. The van der Waals surface area contributed by atoms with Crippen LogP contribution in [0.1, 0.15) is 32.8 Å². The van der Waals surface area contributed by atoms with Gasteiger partial charge < -0.3 is 10.1 Å². The predicted molar refractivity (Wildman–Crippen MR) is 71.6 cm³/mol. The van der Waals surface area contributed by atoms with Crippen molar-refractivity contribution in [3.63, 3.8) is 0 Å². The maximum Gasteiger partial charge on any atom is 0.122 e. The molecule has 1 N–H and O–H groups in total. The van der Waals surface area contributed by atoms with Crippen molar-refractivity contribution in [3.05, 3.63) is 29.8 Å². The number of para-hydroxylation sites is 1. The molecule has 17 heavy (non-hydrogen) atoms. The van der Waals surface area contributed by atoms with E-state index in [1.807, 2.05) is 6.07 Å². The van der Waals surface area contributed by atoms with Crippen molar-refractivity contribution in [3.8, 4) is 5.75 Å². The molecule has 1 aliphatic rings. The summed E-state index contributed by atoms with van der Waals surface area (Å²) in [5, 5.41) is 3.57. The fourth-order valence-corrected chi connectivity index (χ4v) is 2.65. The van der Waals surface area contributed by atoms with Gasteiger partial charge in [-0.25, -0.2) is 0 Å². The minimum Gasteiger partial charge on any atom is -0.496 e. The number of methoxy groups -OCH3 is 1. The second-order valence-corrected chi connectivity index (χ2v) is 5.50. The maximum absolute atomic E-state index is 5.50. The monoisotopic (exact) mass is 233 g/mol. The SMILES string of the molecule is COc1ccccc1C1(CNC(C)C)CC1C. The standard InChI is InChI=1S/C15H23NO/c1-11(2)16-10-15(9-12(15)3)13-7-5-6-8-14(13)17-4/h5-8,11-12,16H,9-10H2,1-4H3. The highest BCUT2D eigenvalue weighted by atomic mass is 16.5. The van der Waals surface area contributed by atoms with E-state index in [-0.39, 0.29) is 5.41 Å². The van der Waals surface area contributed by atoms with Crippen molar-refractivity contribution in [1.82, 2.24) is 5.32 Å². The first kappa shape index (κ1) is 12.4. The number of rotatable bonds is 5. The van der Waals surface area contributed by atoms with E-state index in [0.29, 0.717) is 6.04 Å². The van der Waals surface area contributed by atoms with Crippen LogP contribution in [0, 0.1) is 5.92 Å². The highest BCUT2D eigenvalue weighted by molar-refractivity contribution is 5.44. The van der Waals surface area contributed by atoms with Crippen LogP contribution in [-0.2, 0) is 5.41 Å². The third kappa shape index (κ3) is 2.32. The smallest absolute Gasteiger partial charge is 0.122 e. The fourth-order valence-electron chi connectivity index (χ4n) is 2.65. The first-order chi connectivity index (χ1) is 8.10. The molecule has 0 bridgehead atoms. The van der Waals surface area contributed by atoms with E-state index in [1.54, 1.807) is 7.11 Å². The summed E-state index contributed by atoms with van der Waals surface area (Å²) in [7, 11) is 1.76. The zero-order chi connectivity index (χ0) is 12.5. The summed E-state index contributed by atoms with van der Waals surface area (Å²) < 4.78 is 5.50. The molecule has 1 aromatic rings. The van der Waals surface area contributed by atoms with Gasteiger partial charge >= 0.3 is 0 Å². The first-order valence-electron chi connectivity index (χ1n) is 6.47. The van der Waals surface area contributed by atoms with Gasteiger partial charge in [0.15, 0.2) is 0 Å². The largest absolute Gasteiger partial charge is 0.496 e. The molecule has 0 radical (unpaired) electrons. The Morgan fingerprint density at radius 1 is 1.41 bits per heavy atom. The third-order valence-electron chi connectivity index (χ3n) is 3.92. The van der Waals surface area contributed by atoms with Gasteiger partial charge in [-0.2, -0.15) is 0 Å². The Balaban J connectivity index is 2.23. The third-order valence-corrected chi connectivity index (χ3v) is 3.92. The second kappa shape index (κ2) is 4.69. The van der Waals surface area contributed by atoms with Crippen molar-refractivity contribution in [2.75, 3.05) is 13.7 Å². The topological polar surface area (TPSA) is 21.3 Å². The number of ether oxygens (including phenoxy) is 1. The van der Waals surface area contributed by atoms with Crippen molar-refractivity contribution in [2.24, 2.45) is 5.92 Å². The van der Waals surface area contributed by atoms with Crippen LogP contribution >= 0.6 is 0 Å². The van der Waals surface area contributed by atoms with Crippen LogP contribution in [0.2, 0.25) is 0 Å². The zero-order valence-electron chi connectivity index (χ0n) is 11.3. The summed E-state index contributed by atoms with van der Waals surface area (Å²) in [6.07, 6.45) is 1.26. The Morgan fingerprint density at radius 3 is 2.59 bits per heavy atom. The molecule has 2 unspecified atom stereocenters. The molecule has 1 saturated carbocycles. The normalized spacial score (nSPS) is 27.2. The van der Waals surface area contributed by atoms with Crippen molar-refractivity contribution < 1.29 is 4.74 Å². The summed E-state index contributed by atoms with van der Waals surface area (Å²) in [6, 6.07) is 8.97. The van der Waals surface area contributed by atoms with Gasteiger partial charge in [0.2, 0.25) is 0 Å². The summed E-state index contributed by atoms with van der Waals surface area (Å²) in [6.45, 7) is 7.77. The molecule has 0 aliphatic heterocycles. The zero-order valence-corrected chi connectivity index (χ0v) is 11.3. The number of hydrogen-bond donors (Lipinski definition) is 1. The molecular weight excluding hydrogens is 210 g/mol. The minimum absolute atomic E-state index is 0.289. The van der Waals surface area contributed by atoms with Crippen molar-refractivity contribution in [1.29, 1.82) is 0 Å². The van der Waals surface area contributed by atoms with Crippen LogP contribution < -0.4 is 10.1 Å². The number of hydrogen-bond acceptors (Lipinski definition) is 2. The molecule has 0 amide bonds. The summed E-state index contributed by atoms with van der Waals surface area (Å²) in [5.41, 5.74) is 1.65. The maximum atomic E-state index is 5.50. The summed E-state index contributed by atoms with van der Waals surface area (Å²) in [5.74, 6) is 1.77. The van der Waals surface area contributed by atoms with Gasteiger partial charge in [-0.05, 0) is 18.4 Å². The lowest BCUT2D eigenvalue weighted by Crippen LogP contribution is -2.33. The quantitative estimate of drug-likeness (QED) is 0.844. The van der Waals surface area contributed by atoms with Gasteiger partial charge in [0.25, 0.3) is 0 Å². The van der Waals surface area contributed by atoms with Gasteiger partial charge in [-0.15, -0.1) is 0 Å². The number of benzene rings is 1. The average Bonchev–Trinajstić information content (AvgIpc) is 2.99. The second-order valence-electron chi connectivity index (χ2n) is 5.50. The molecule has 0 saturated heterocycles. The summed E-state index contributed by atoms with van der Waals surface area (Å²) in [4.78, 5) is 0. The molecule has 0 spiro atoms. The molecule has 2 rings (SSSR count). The van der Waals surface area contributed by atoms with Crippen LogP contribution in [-0.4, -0.2) is 19.7 Å². The van der Waals surface area contributed by atoms with E-state index < -0.39 is 0 Å². The van der Waals surface area contributed by atoms with Gasteiger partial charge in [-0.3, -0.25) is 0 Å². The lowest BCUT2D eigenvalue weighted by Gasteiger charge is -2.22. The van der Waals surface area contributed by atoms with Gasteiger partial charge in [0.1, 0.15) is 5.75 Å². The predicted octanol–water partition coefficient (Wildman–Crippen LogP) is 2.97. The number of nitrogens with one attached hydrogen (secondary N) is 1. The molecular formula is C15H23NO. The van der Waals surface area contributed by atoms with E-state index in [9.17, 15) is 0 Å². The first-order valence-corrected chi connectivity index (χ1v) is 6.47. The molecule has 0 heterocycles. The molecule has 2 atom stereocenters. The molecule has 2 heteroatoms. The lowest BCUT2D eigenvalue weighted by atomic mass is 9.92. The van der Waals surface area contributed by atoms with Gasteiger partial charge in [0.05, 0.1) is 7.11 Å². The molecule has 94 valence electrons. The van der Waals surface area contributed by atoms with Crippen LogP contribution in [0.4, 0.5) is 0 Å². The van der Waals surface area contributed by atoms with Crippen LogP contribution in [0.25, 0.3) is 0 Å². The van der Waals surface area contributed by atoms with Gasteiger partial charge in [-0.1, -0.05) is 39.0 Å². The highest BCUT2D eigenvalue weighted by Gasteiger charge is 2.53. The fraction of sp³-hybridized carbons (Fsp3) is 0.600. The van der Waals surface area contributed by atoms with E-state index in [2.05, 4.69) is 44.3 Å². The van der Waals surface area contributed by atoms with E-state index >= 15 is 0 Å². The van der Waals surface area contributed by atoms with Crippen LogP contribution in [0.15, 0.2) is 24.3 Å². The van der Waals surface area contributed by atoms with Crippen molar-refractivity contribution >= 4 is 0 Å². The highest BCUT2D eigenvalue weighted by Crippen LogP contribution is 2.55. The van der Waals surface area contributed by atoms with E-state index in [1.165, 1.54) is 12.0 Å². The van der Waals surface area contributed by atoms with E-state index in [4.69, 9.17) is 4.74 Å². The molecule has 1 aliphatic carbocycles. The lowest BCUT2D eigenvalue weighted by molar-refractivity contribution is 0.397. The van der Waals surface area contributed by atoms with Crippen LogP contribution in [0.3, 0.4) is 0 Å². The minimum atomic E-state index is 0.289. The Labute approximate surface area is 104 Å². The average molecular weight is 233 g/mol. The molecule has 1 aromatic carbocycles. The Kier molecular flexibility index (Phi) is 3.43. The molecule has 2 nitrogen and oxygen atoms in total. The Hall–Kier alpha value is -1.02. The van der Waals surface area contributed by atoms with Crippen LogP contribution in [0.5, 0.6) is 5.75 Å². The van der Waals surface area contributed by atoms with Gasteiger partial charge in [0, 0.05) is 23.6 Å².